The van der Waals surface area contributed by atoms with Crippen LogP contribution in [0.3, 0.4) is 0 Å². The Morgan fingerprint density at radius 3 is 2.94 bits per heavy atom. The van der Waals surface area contributed by atoms with E-state index in [0.717, 1.165) is 65.3 Å². The molecule has 0 radical (unpaired) electrons. The van der Waals surface area contributed by atoms with E-state index < -0.39 is 0 Å². The molecule has 10 heteroatoms. The van der Waals surface area contributed by atoms with Gasteiger partial charge in [-0.3, -0.25) is 10.00 Å². The lowest BCUT2D eigenvalue weighted by Gasteiger charge is -2.37. The summed E-state index contributed by atoms with van der Waals surface area (Å²) in [5.41, 5.74) is 2.81. The SMILES string of the molecule is COCCN(Cc1cc2nc(-c3cccc4[nH]ncc34)nc(NCCO)c2s1)C1CCN(C)CC1. The van der Waals surface area contributed by atoms with Gasteiger partial charge in [-0.2, -0.15) is 5.10 Å². The quantitative estimate of drug-likeness (QED) is 0.308. The molecule has 9 nitrogen and oxygen atoms in total. The first-order chi connectivity index (χ1) is 17.2. The number of nitrogens with zero attached hydrogens (tertiary/aromatic N) is 5. The summed E-state index contributed by atoms with van der Waals surface area (Å²) in [5.74, 6) is 1.42. The van der Waals surface area contributed by atoms with Crippen molar-refractivity contribution in [2.45, 2.75) is 25.4 Å². The average molecular weight is 496 g/mol. The molecule has 4 aromatic rings. The molecule has 3 aromatic heterocycles. The Morgan fingerprint density at radius 1 is 1.29 bits per heavy atom. The fourth-order valence-corrected chi connectivity index (χ4v) is 5.88. The van der Waals surface area contributed by atoms with E-state index >= 15 is 0 Å². The van der Waals surface area contributed by atoms with Gasteiger partial charge in [0.25, 0.3) is 0 Å². The van der Waals surface area contributed by atoms with Gasteiger partial charge in [-0.25, -0.2) is 9.97 Å². The number of likely N-dealkylation sites (tertiary alicyclic amines) is 1. The zero-order chi connectivity index (χ0) is 24.2. The van der Waals surface area contributed by atoms with E-state index in [1.165, 1.54) is 17.7 Å². The normalized spacial score (nSPS) is 15.5. The van der Waals surface area contributed by atoms with Gasteiger partial charge in [0.05, 0.1) is 35.1 Å². The van der Waals surface area contributed by atoms with E-state index in [1.807, 2.05) is 24.4 Å². The number of nitrogens with one attached hydrogen (secondary N) is 2. The zero-order valence-electron chi connectivity index (χ0n) is 20.3. The lowest BCUT2D eigenvalue weighted by atomic mass is 10.0. The third kappa shape index (κ3) is 5.31. The number of thiophene rings is 1. The van der Waals surface area contributed by atoms with Gasteiger partial charge in [0, 0.05) is 48.6 Å². The fourth-order valence-electron chi connectivity index (χ4n) is 4.79. The van der Waals surface area contributed by atoms with Crippen molar-refractivity contribution in [1.29, 1.82) is 0 Å². The van der Waals surface area contributed by atoms with Crippen LogP contribution in [0.5, 0.6) is 0 Å². The number of H-pyrrole nitrogens is 1. The number of piperidine rings is 1. The van der Waals surface area contributed by atoms with Gasteiger partial charge in [0.1, 0.15) is 5.82 Å². The van der Waals surface area contributed by atoms with E-state index in [0.29, 0.717) is 18.4 Å². The number of fused-ring (bicyclic) bond motifs is 2. The van der Waals surface area contributed by atoms with Crippen LogP contribution in [0.25, 0.3) is 32.5 Å². The fraction of sp³-hybridized carbons (Fsp3) is 0.480. The molecule has 0 atom stereocenters. The Morgan fingerprint density at radius 2 is 2.14 bits per heavy atom. The first kappa shape index (κ1) is 24.1. The molecular formula is C25H33N7O2S. The number of aliphatic hydroxyl groups is 1. The van der Waals surface area contributed by atoms with Crippen molar-refractivity contribution in [2.75, 3.05) is 58.9 Å². The Hall–Kier alpha value is -2.63. The van der Waals surface area contributed by atoms with Crippen LogP contribution in [0.2, 0.25) is 0 Å². The zero-order valence-corrected chi connectivity index (χ0v) is 21.1. The molecule has 0 saturated carbocycles. The molecule has 1 fully saturated rings. The van der Waals surface area contributed by atoms with Crippen LogP contribution in [0, 0.1) is 0 Å². The molecule has 5 rings (SSSR count). The standard InChI is InChI=1S/C25H33N7O2S/c1-31-9-6-17(7-10-31)32(11-13-34-2)16-18-14-22-23(35-18)25(26-8-12-33)29-24(28-22)19-4-3-5-21-20(19)15-27-30-21/h3-5,14-15,17,33H,6-13,16H2,1-2H3,(H,27,30)(H,26,28,29). The van der Waals surface area contributed by atoms with Crippen LogP contribution in [-0.4, -0.2) is 94.7 Å². The molecule has 1 saturated heterocycles. The van der Waals surface area contributed by atoms with Crippen LogP contribution in [0.4, 0.5) is 5.82 Å². The van der Waals surface area contributed by atoms with Gasteiger partial charge in [-0.1, -0.05) is 12.1 Å². The maximum absolute atomic E-state index is 9.43. The van der Waals surface area contributed by atoms with Gasteiger partial charge in [0.2, 0.25) is 0 Å². The number of aliphatic hydroxyl groups excluding tert-OH is 1. The lowest BCUT2D eigenvalue weighted by molar-refractivity contribution is 0.0809. The van der Waals surface area contributed by atoms with Crippen molar-refractivity contribution >= 4 is 38.3 Å². The summed E-state index contributed by atoms with van der Waals surface area (Å²) in [4.78, 5) is 16.1. The second kappa shape index (κ2) is 11.0. The van der Waals surface area contributed by atoms with Crippen LogP contribution >= 0.6 is 11.3 Å². The number of methoxy groups -OCH3 is 1. The second-order valence-corrected chi connectivity index (χ2v) is 10.2. The topological polar surface area (TPSA) is 102 Å². The van der Waals surface area contributed by atoms with Gasteiger partial charge in [-0.15, -0.1) is 11.3 Å². The highest BCUT2D eigenvalue weighted by Crippen LogP contribution is 2.35. The Kier molecular flexibility index (Phi) is 7.54. The predicted octanol–water partition coefficient (Wildman–Crippen LogP) is 3.18. The van der Waals surface area contributed by atoms with Crippen molar-refractivity contribution in [3.63, 3.8) is 0 Å². The van der Waals surface area contributed by atoms with Crippen molar-refractivity contribution in [1.82, 2.24) is 30.0 Å². The summed E-state index contributed by atoms with van der Waals surface area (Å²) in [6, 6.07) is 8.75. The minimum absolute atomic E-state index is 0.0390. The number of aromatic nitrogens is 4. The van der Waals surface area contributed by atoms with Gasteiger partial charge in [-0.05, 0) is 45.1 Å². The second-order valence-electron chi connectivity index (χ2n) is 9.11. The largest absolute Gasteiger partial charge is 0.395 e. The number of rotatable bonds is 10. The molecule has 0 amide bonds. The molecule has 0 aliphatic carbocycles. The van der Waals surface area contributed by atoms with Crippen LogP contribution < -0.4 is 5.32 Å². The van der Waals surface area contributed by atoms with E-state index in [4.69, 9.17) is 14.7 Å². The molecule has 1 aliphatic rings. The van der Waals surface area contributed by atoms with Crippen LogP contribution in [-0.2, 0) is 11.3 Å². The number of aromatic amines is 1. The highest BCUT2D eigenvalue weighted by Gasteiger charge is 2.24. The number of hydrogen-bond acceptors (Lipinski definition) is 9. The summed E-state index contributed by atoms with van der Waals surface area (Å²) in [7, 11) is 3.96. The average Bonchev–Trinajstić information content (AvgIpc) is 3.52. The molecule has 4 heterocycles. The third-order valence-electron chi connectivity index (χ3n) is 6.70. The van der Waals surface area contributed by atoms with E-state index in [1.54, 1.807) is 18.4 Å². The molecule has 1 aliphatic heterocycles. The Balaban J connectivity index is 1.49. The molecule has 186 valence electrons. The van der Waals surface area contributed by atoms with Crippen molar-refractivity contribution < 1.29 is 9.84 Å². The number of benzene rings is 1. The first-order valence-electron chi connectivity index (χ1n) is 12.2. The monoisotopic (exact) mass is 495 g/mol. The number of hydrogen-bond donors (Lipinski definition) is 3. The lowest BCUT2D eigenvalue weighted by Crippen LogP contribution is -2.44. The minimum atomic E-state index is 0.0390. The Bertz CT molecular complexity index is 1270. The highest BCUT2D eigenvalue weighted by atomic mass is 32.1. The predicted molar refractivity (Wildman–Crippen MR) is 141 cm³/mol. The number of ether oxygens (including phenoxy) is 1. The highest BCUT2D eigenvalue weighted by molar-refractivity contribution is 7.19. The molecule has 0 spiro atoms. The minimum Gasteiger partial charge on any atom is -0.395 e. The van der Waals surface area contributed by atoms with Gasteiger partial charge in [0.15, 0.2) is 5.82 Å². The first-order valence-corrected chi connectivity index (χ1v) is 13.0. The maximum Gasteiger partial charge on any atom is 0.162 e. The number of anilines is 1. The third-order valence-corrected chi connectivity index (χ3v) is 7.81. The van der Waals surface area contributed by atoms with Crippen molar-refractivity contribution in [3.8, 4) is 11.4 Å². The van der Waals surface area contributed by atoms with Crippen molar-refractivity contribution in [2.24, 2.45) is 0 Å². The van der Waals surface area contributed by atoms with E-state index in [2.05, 4.69) is 38.4 Å². The van der Waals surface area contributed by atoms with Crippen molar-refractivity contribution in [3.05, 3.63) is 35.3 Å². The van der Waals surface area contributed by atoms with E-state index in [-0.39, 0.29) is 6.61 Å². The molecule has 0 unspecified atom stereocenters. The molecule has 35 heavy (non-hydrogen) atoms. The summed E-state index contributed by atoms with van der Waals surface area (Å²) >= 11 is 1.73. The molecule has 0 bridgehead atoms. The Labute approximate surface area is 209 Å². The van der Waals surface area contributed by atoms with Crippen LogP contribution in [0.1, 0.15) is 17.7 Å². The summed E-state index contributed by atoms with van der Waals surface area (Å²) in [5, 5.41) is 20.9. The summed E-state index contributed by atoms with van der Waals surface area (Å²) in [6.07, 6.45) is 4.16. The molecular weight excluding hydrogens is 462 g/mol. The maximum atomic E-state index is 9.43. The molecule has 1 aromatic carbocycles. The van der Waals surface area contributed by atoms with Gasteiger partial charge >= 0.3 is 0 Å². The molecule has 3 N–H and O–H groups in total. The summed E-state index contributed by atoms with van der Waals surface area (Å²) in [6.45, 7) is 5.23. The van der Waals surface area contributed by atoms with E-state index in [9.17, 15) is 5.11 Å². The van der Waals surface area contributed by atoms with Crippen LogP contribution in [0.15, 0.2) is 30.5 Å². The summed E-state index contributed by atoms with van der Waals surface area (Å²) < 4.78 is 6.45. The smallest absolute Gasteiger partial charge is 0.162 e. The van der Waals surface area contributed by atoms with Gasteiger partial charge < -0.3 is 20.1 Å².